The number of rotatable bonds is 3. The van der Waals surface area contributed by atoms with Gasteiger partial charge in [-0.3, -0.25) is 0 Å². The summed E-state index contributed by atoms with van der Waals surface area (Å²) in [5.41, 5.74) is 2.06. The highest BCUT2D eigenvalue weighted by Gasteiger charge is 2.39. The minimum atomic E-state index is -5.14. The smallest absolute Gasteiger partial charge is 0.309 e. The lowest BCUT2D eigenvalue weighted by molar-refractivity contribution is -0.142. The number of hydrogen-bond donors (Lipinski definition) is 0. The van der Waals surface area contributed by atoms with Gasteiger partial charge in [-0.15, -0.1) is 0 Å². The lowest BCUT2D eigenvalue weighted by atomic mass is 9.93. The Balaban J connectivity index is 1.57. The zero-order valence-electron chi connectivity index (χ0n) is 26.6. The van der Waals surface area contributed by atoms with Gasteiger partial charge in [-0.05, 0) is 79.1 Å². The molecule has 6 aromatic carbocycles. The summed E-state index contributed by atoms with van der Waals surface area (Å²) in [4.78, 5) is 0. The third-order valence-electron chi connectivity index (χ3n) is 9.32. The first-order valence-corrected chi connectivity index (χ1v) is 15.7. The summed E-state index contributed by atoms with van der Waals surface area (Å²) in [7, 11) is 0. The molecule has 0 radical (unpaired) electrons. The number of fused-ring (bicyclic) bond motifs is 6. The van der Waals surface area contributed by atoms with Crippen LogP contribution >= 0.6 is 0 Å². The van der Waals surface area contributed by atoms with Crippen molar-refractivity contribution in [2.24, 2.45) is 0 Å². The first-order chi connectivity index (χ1) is 23.8. The third-order valence-corrected chi connectivity index (χ3v) is 9.32. The molecule has 0 N–H and O–H groups in total. The molecule has 8 rings (SSSR count). The van der Waals surface area contributed by atoms with Crippen LogP contribution in [0.1, 0.15) is 27.8 Å². The highest BCUT2D eigenvalue weighted by molar-refractivity contribution is 6.11. The molecule has 8 aromatic rings. The molecule has 0 aliphatic carbocycles. The molecule has 2 heterocycles. The Bertz CT molecular complexity index is 2720. The molecule has 246 valence electrons. The van der Waals surface area contributed by atoms with E-state index >= 15 is 0 Å². The SMILES string of the molecule is Cc1ccc2c3ccccc3n(-c3cc(-c4ccc(C(F)(F)F)cc4C(F)(F)F)c(-n4c5ccccc5c5ccc(C)cc54)cc3C#N)c2c1. The fourth-order valence-electron chi connectivity index (χ4n) is 7.12. The van der Waals surface area contributed by atoms with Crippen molar-refractivity contribution in [1.82, 2.24) is 9.13 Å². The second-order valence-electron chi connectivity index (χ2n) is 12.5. The van der Waals surface area contributed by atoms with Crippen LogP contribution in [0, 0.1) is 25.2 Å². The van der Waals surface area contributed by atoms with Crippen LogP contribution in [0.2, 0.25) is 0 Å². The van der Waals surface area contributed by atoms with Crippen molar-refractivity contribution in [3.05, 3.63) is 143 Å². The number of alkyl halides is 6. The molecule has 0 aliphatic heterocycles. The largest absolute Gasteiger partial charge is 0.417 e. The van der Waals surface area contributed by atoms with Crippen molar-refractivity contribution in [3.63, 3.8) is 0 Å². The fourth-order valence-corrected chi connectivity index (χ4v) is 7.12. The second-order valence-corrected chi connectivity index (χ2v) is 12.5. The van der Waals surface area contributed by atoms with E-state index in [1.54, 1.807) is 10.6 Å². The van der Waals surface area contributed by atoms with Gasteiger partial charge in [0.2, 0.25) is 0 Å². The van der Waals surface area contributed by atoms with Gasteiger partial charge in [0.15, 0.2) is 0 Å². The average molecular weight is 674 g/mol. The van der Waals surface area contributed by atoms with Crippen LogP contribution in [0.4, 0.5) is 26.3 Å². The number of nitriles is 1. The minimum Gasteiger partial charge on any atom is -0.309 e. The number of nitrogens with zero attached hydrogens (tertiary/aromatic N) is 3. The Morgan fingerprint density at radius 2 is 1.02 bits per heavy atom. The van der Waals surface area contributed by atoms with E-state index in [-0.39, 0.29) is 22.9 Å². The Kier molecular flexibility index (Phi) is 6.88. The van der Waals surface area contributed by atoms with Crippen molar-refractivity contribution >= 4 is 43.6 Å². The molecule has 0 bridgehead atoms. The lowest BCUT2D eigenvalue weighted by Gasteiger charge is -2.22. The Morgan fingerprint density at radius 1 is 0.500 bits per heavy atom. The van der Waals surface area contributed by atoms with E-state index in [1.807, 2.05) is 103 Å². The Morgan fingerprint density at radius 3 is 1.54 bits per heavy atom. The zero-order chi connectivity index (χ0) is 35.1. The first kappa shape index (κ1) is 31.3. The molecule has 0 spiro atoms. The molecule has 0 amide bonds. The molecule has 0 unspecified atom stereocenters. The second kappa shape index (κ2) is 11.0. The fraction of sp³-hybridized carbons (Fsp3) is 0.0976. The van der Waals surface area contributed by atoms with Crippen LogP contribution in [0.5, 0.6) is 0 Å². The van der Waals surface area contributed by atoms with Gasteiger partial charge in [0.05, 0.1) is 50.1 Å². The zero-order valence-corrected chi connectivity index (χ0v) is 26.6. The van der Waals surface area contributed by atoms with Crippen LogP contribution in [0.3, 0.4) is 0 Å². The van der Waals surface area contributed by atoms with Crippen molar-refractivity contribution in [1.29, 1.82) is 5.26 Å². The molecular formula is C41H25F6N3. The van der Waals surface area contributed by atoms with Crippen LogP contribution < -0.4 is 0 Å². The van der Waals surface area contributed by atoms with E-state index < -0.39 is 29.0 Å². The molecular weight excluding hydrogens is 648 g/mol. The maximum atomic E-state index is 14.9. The van der Waals surface area contributed by atoms with E-state index in [9.17, 15) is 31.6 Å². The quantitative estimate of drug-likeness (QED) is 0.172. The van der Waals surface area contributed by atoms with Crippen molar-refractivity contribution in [2.45, 2.75) is 26.2 Å². The minimum absolute atomic E-state index is 0.0165. The van der Waals surface area contributed by atoms with Crippen molar-refractivity contribution < 1.29 is 26.3 Å². The first-order valence-electron chi connectivity index (χ1n) is 15.7. The monoisotopic (exact) mass is 673 g/mol. The van der Waals surface area contributed by atoms with Crippen LogP contribution in [-0.4, -0.2) is 9.13 Å². The summed E-state index contributed by atoms with van der Waals surface area (Å²) in [5.74, 6) is 0. The molecule has 9 heteroatoms. The number of benzene rings is 6. The molecule has 0 saturated heterocycles. The van der Waals surface area contributed by atoms with Crippen molar-refractivity contribution in [3.8, 4) is 28.6 Å². The predicted molar refractivity (Wildman–Crippen MR) is 185 cm³/mol. The average Bonchev–Trinajstić information content (AvgIpc) is 3.58. The summed E-state index contributed by atoms with van der Waals surface area (Å²) in [6, 6.07) is 33.6. The molecule has 2 aromatic heterocycles. The maximum Gasteiger partial charge on any atom is 0.417 e. The number of halogens is 6. The van der Waals surface area contributed by atoms with E-state index in [2.05, 4.69) is 6.07 Å². The lowest BCUT2D eigenvalue weighted by Crippen LogP contribution is -2.13. The summed E-state index contributed by atoms with van der Waals surface area (Å²) < 4.78 is 89.8. The van der Waals surface area contributed by atoms with Gasteiger partial charge in [-0.2, -0.15) is 31.6 Å². The van der Waals surface area contributed by atoms with E-state index in [4.69, 9.17) is 0 Å². The topological polar surface area (TPSA) is 33.6 Å². The maximum absolute atomic E-state index is 14.9. The standard InChI is InChI=1S/C41H25F6N3/c1-23-11-14-30-28-7-3-5-9-34(28)49(37(30)17-23)36-21-32(27-16-13-26(40(42,43)44)20-33(27)41(45,46)47)39(19-25(36)22-48)50-35-10-6-4-8-29(35)31-15-12-24(2)18-38(31)50/h3-21H,1-2H3. The number of hydrogen-bond acceptors (Lipinski definition) is 1. The van der Waals surface area contributed by atoms with Gasteiger partial charge in [-0.25, -0.2) is 0 Å². The third kappa shape index (κ3) is 4.82. The summed E-state index contributed by atoms with van der Waals surface area (Å²) in [6.45, 7) is 3.82. The van der Waals surface area contributed by atoms with Crippen LogP contribution in [0.25, 0.3) is 66.1 Å². The van der Waals surface area contributed by atoms with E-state index in [0.29, 0.717) is 22.8 Å². The Labute approximate surface area is 281 Å². The van der Waals surface area contributed by atoms with Crippen LogP contribution in [-0.2, 0) is 12.4 Å². The number of aromatic nitrogens is 2. The van der Waals surface area contributed by atoms with Gasteiger partial charge in [0, 0.05) is 27.1 Å². The van der Waals surface area contributed by atoms with Gasteiger partial charge < -0.3 is 9.13 Å². The molecule has 0 fully saturated rings. The number of aryl methyl sites for hydroxylation is 2. The van der Waals surface area contributed by atoms with Crippen LogP contribution in [0.15, 0.2) is 115 Å². The summed E-state index contributed by atoms with van der Waals surface area (Å²) >= 11 is 0. The molecule has 0 aliphatic rings. The predicted octanol–water partition coefficient (Wildman–Crippen LogP) is 12.1. The highest BCUT2D eigenvalue weighted by Crippen LogP contribution is 2.46. The Hall–Kier alpha value is -6.01. The van der Waals surface area contributed by atoms with Gasteiger partial charge in [-0.1, -0.05) is 66.7 Å². The molecule has 0 saturated carbocycles. The molecule has 50 heavy (non-hydrogen) atoms. The normalized spacial score (nSPS) is 12.4. The van der Waals surface area contributed by atoms with Gasteiger partial charge in [0.1, 0.15) is 6.07 Å². The highest BCUT2D eigenvalue weighted by atomic mass is 19.4. The van der Waals surface area contributed by atoms with E-state index in [0.717, 1.165) is 49.8 Å². The van der Waals surface area contributed by atoms with E-state index in [1.165, 1.54) is 6.07 Å². The van der Waals surface area contributed by atoms with Gasteiger partial charge in [0.25, 0.3) is 0 Å². The summed E-state index contributed by atoms with van der Waals surface area (Å²) in [6.07, 6.45) is -10.1. The molecule has 3 nitrogen and oxygen atoms in total. The number of para-hydroxylation sites is 2. The summed E-state index contributed by atoms with van der Waals surface area (Å²) in [5, 5.41) is 14.1. The van der Waals surface area contributed by atoms with Crippen molar-refractivity contribution in [2.75, 3.05) is 0 Å². The van der Waals surface area contributed by atoms with Gasteiger partial charge >= 0.3 is 12.4 Å². The molecule has 0 atom stereocenters.